The highest BCUT2D eigenvalue weighted by Gasteiger charge is 1.99. The van der Waals surface area contributed by atoms with Crippen LogP contribution in [0, 0.1) is 11.3 Å². The van der Waals surface area contributed by atoms with E-state index < -0.39 is 0 Å². The third-order valence-corrected chi connectivity index (χ3v) is 2.54. The second-order valence-electron chi connectivity index (χ2n) is 3.30. The van der Waals surface area contributed by atoms with E-state index in [4.69, 9.17) is 5.26 Å². The molecule has 0 saturated heterocycles. The van der Waals surface area contributed by atoms with Crippen molar-refractivity contribution in [3.63, 3.8) is 0 Å². The van der Waals surface area contributed by atoms with E-state index in [1.807, 2.05) is 18.3 Å². The Morgan fingerprint density at radius 1 is 1.44 bits per heavy atom. The third-order valence-electron chi connectivity index (χ3n) is 2.08. The fourth-order valence-electron chi connectivity index (χ4n) is 1.33. The van der Waals surface area contributed by atoms with Gasteiger partial charge in [-0.25, -0.2) is 0 Å². The Hall–Kier alpha value is -1.80. The molecule has 0 amide bonds. The van der Waals surface area contributed by atoms with Crippen molar-refractivity contribution >= 4 is 21.6 Å². The van der Waals surface area contributed by atoms with Crippen LogP contribution in [0.4, 0.5) is 5.69 Å². The Kier molecular flexibility index (Phi) is 3.22. The Morgan fingerprint density at radius 2 is 2.31 bits per heavy atom. The number of halogens is 1. The zero-order valence-corrected chi connectivity index (χ0v) is 9.95. The lowest BCUT2D eigenvalue weighted by Crippen LogP contribution is -1.98. The first-order valence-corrected chi connectivity index (χ1v) is 5.49. The van der Waals surface area contributed by atoms with E-state index in [1.165, 1.54) is 0 Å². The summed E-state index contributed by atoms with van der Waals surface area (Å²) in [5, 5.41) is 18.7. The largest absolute Gasteiger partial charge is 0.381 e. The van der Waals surface area contributed by atoms with E-state index in [9.17, 15) is 0 Å². The summed E-state index contributed by atoms with van der Waals surface area (Å²) in [4.78, 5) is 0. The Morgan fingerprint density at radius 3 is 3.00 bits per heavy atom. The quantitative estimate of drug-likeness (QED) is 0.906. The van der Waals surface area contributed by atoms with Crippen molar-refractivity contribution in [1.82, 2.24) is 10.2 Å². The minimum Gasteiger partial charge on any atom is -0.381 e. The summed E-state index contributed by atoms with van der Waals surface area (Å²) < 4.78 is 0.890. The van der Waals surface area contributed by atoms with Gasteiger partial charge in [-0.15, -0.1) is 0 Å². The predicted molar refractivity (Wildman–Crippen MR) is 64.8 cm³/mol. The molecule has 0 atom stereocenters. The van der Waals surface area contributed by atoms with Gasteiger partial charge in [-0.2, -0.15) is 10.4 Å². The first kappa shape index (κ1) is 10.7. The highest BCUT2D eigenvalue weighted by Crippen LogP contribution is 2.19. The second kappa shape index (κ2) is 4.81. The molecule has 1 heterocycles. The third kappa shape index (κ3) is 2.61. The molecule has 1 aromatic heterocycles. The molecular formula is C11H9BrN4. The minimum atomic E-state index is 0.629. The van der Waals surface area contributed by atoms with Crippen LogP contribution in [0.3, 0.4) is 0 Å². The van der Waals surface area contributed by atoms with Crippen molar-refractivity contribution < 1.29 is 0 Å². The molecule has 1 aromatic carbocycles. The fourth-order valence-corrected chi connectivity index (χ4v) is 1.83. The van der Waals surface area contributed by atoms with Crippen LogP contribution >= 0.6 is 15.9 Å². The number of anilines is 1. The van der Waals surface area contributed by atoms with Gasteiger partial charge in [0.15, 0.2) is 0 Å². The summed E-state index contributed by atoms with van der Waals surface area (Å²) in [5.74, 6) is 0. The molecule has 0 saturated carbocycles. The fraction of sp³-hybridized carbons (Fsp3) is 0.0909. The summed E-state index contributed by atoms with van der Waals surface area (Å²) >= 11 is 3.36. The molecule has 4 nitrogen and oxygen atoms in total. The van der Waals surface area contributed by atoms with E-state index >= 15 is 0 Å². The van der Waals surface area contributed by atoms with Crippen molar-refractivity contribution in [2.75, 3.05) is 5.32 Å². The number of aromatic nitrogens is 2. The maximum Gasteiger partial charge on any atom is 0.0992 e. The molecule has 2 N–H and O–H groups in total. The predicted octanol–water partition coefficient (Wildman–Crippen LogP) is 2.66. The van der Waals surface area contributed by atoms with Gasteiger partial charge in [0.05, 0.1) is 17.8 Å². The van der Waals surface area contributed by atoms with Crippen molar-refractivity contribution in [3.8, 4) is 6.07 Å². The van der Waals surface area contributed by atoms with E-state index in [0.717, 1.165) is 15.7 Å². The second-order valence-corrected chi connectivity index (χ2v) is 4.22. The standard InChI is InChI=1S/C11H9BrN4/c12-10-1-8(4-13)2-11(3-10)14-5-9-6-15-16-7-9/h1-3,6-7,14H,5H2,(H,15,16). The normalized spacial score (nSPS) is 9.75. The van der Waals surface area contributed by atoms with Gasteiger partial charge in [0.25, 0.3) is 0 Å². The summed E-state index contributed by atoms with van der Waals surface area (Å²) in [7, 11) is 0. The van der Waals surface area contributed by atoms with Gasteiger partial charge in [-0.3, -0.25) is 5.10 Å². The molecule has 0 aliphatic heterocycles. The highest BCUT2D eigenvalue weighted by molar-refractivity contribution is 9.10. The number of rotatable bonds is 3. The number of hydrogen-bond donors (Lipinski definition) is 2. The SMILES string of the molecule is N#Cc1cc(Br)cc(NCc2cn[nH]c2)c1. The number of nitrogens with one attached hydrogen (secondary N) is 2. The van der Waals surface area contributed by atoms with Gasteiger partial charge in [0.2, 0.25) is 0 Å². The van der Waals surface area contributed by atoms with Gasteiger partial charge >= 0.3 is 0 Å². The van der Waals surface area contributed by atoms with Gasteiger partial charge < -0.3 is 5.32 Å². The first-order chi connectivity index (χ1) is 7.78. The topological polar surface area (TPSA) is 64.5 Å². The lowest BCUT2D eigenvalue weighted by molar-refractivity contribution is 1.09. The zero-order valence-electron chi connectivity index (χ0n) is 8.37. The molecule has 0 radical (unpaired) electrons. The summed E-state index contributed by atoms with van der Waals surface area (Å²) in [6.45, 7) is 0.678. The van der Waals surface area contributed by atoms with Crippen LogP contribution in [0.2, 0.25) is 0 Å². The van der Waals surface area contributed by atoms with Crippen LogP contribution < -0.4 is 5.32 Å². The molecule has 16 heavy (non-hydrogen) atoms. The molecule has 0 bridgehead atoms. The van der Waals surface area contributed by atoms with Crippen LogP contribution in [0.25, 0.3) is 0 Å². The van der Waals surface area contributed by atoms with Gasteiger partial charge in [0, 0.05) is 28.5 Å². The lowest BCUT2D eigenvalue weighted by atomic mass is 10.2. The molecule has 0 spiro atoms. The molecule has 80 valence electrons. The molecular weight excluding hydrogens is 268 g/mol. The summed E-state index contributed by atoms with van der Waals surface area (Å²) in [6.07, 6.45) is 3.59. The van der Waals surface area contributed by atoms with Crippen LogP contribution in [0.15, 0.2) is 35.1 Å². The van der Waals surface area contributed by atoms with Crippen LogP contribution in [-0.2, 0) is 6.54 Å². The van der Waals surface area contributed by atoms with Crippen molar-refractivity contribution in [2.45, 2.75) is 6.54 Å². The van der Waals surface area contributed by atoms with Crippen molar-refractivity contribution in [2.24, 2.45) is 0 Å². The molecule has 0 unspecified atom stereocenters. The zero-order chi connectivity index (χ0) is 11.4. The Labute approximate surface area is 101 Å². The lowest BCUT2D eigenvalue weighted by Gasteiger charge is -2.05. The Bertz CT molecular complexity index is 513. The van der Waals surface area contributed by atoms with Crippen LogP contribution in [-0.4, -0.2) is 10.2 Å². The van der Waals surface area contributed by atoms with Crippen molar-refractivity contribution in [3.05, 3.63) is 46.2 Å². The van der Waals surface area contributed by atoms with E-state index in [2.05, 4.69) is 37.5 Å². The number of nitrogens with zero attached hydrogens (tertiary/aromatic N) is 2. The van der Waals surface area contributed by atoms with Gasteiger partial charge in [-0.1, -0.05) is 15.9 Å². The van der Waals surface area contributed by atoms with Crippen molar-refractivity contribution in [1.29, 1.82) is 5.26 Å². The van der Waals surface area contributed by atoms with Crippen LogP contribution in [0.1, 0.15) is 11.1 Å². The van der Waals surface area contributed by atoms with Crippen LogP contribution in [0.5, 0.6) is 0 Å². The average Bonchev–Trinajstić information content (AvgIpc) is 2.78. The maximum absolute atomic E-state index is 8.83. The molecule has 2 aromatic rings. The molecule has 0 fully saturated rings. The van der Waals surface area contributed by atoms with E-state index in [1.54, 1.807) is 12.3 Å². The minimum absolute atomic E-state index is 0.629. The summed E-state index contributed by atoms with van der Waals surface area (Å²) in [5.41, 5.74) is 2.61. The number of H-pyrrole nitrogens is 1. The summed E-state index contributed by atoms with van der Waals surface area (Å²) in [6, 6.07) is 7.64. The molecule has 2 rings (SSSR count). The van der Waals surface area contributed by atoms with E-state index in [0.29, 0.717) is 12.1 Å². The van der Waals surface area contributed by atoms with Gasteiger partial charge in [0.1, 0.15) is 0 Å². The average molecular weight is 277 g/mol. The number of benzene rings is 1. The monoisotopic (exact) mass is 276 g/mol. The number of nitriles is 1. The van der Waals surface area contributed by atoms with Gasteiger partial charge in [-0.05, 0) is 18.2 Å². The molecule has 0 aliphatic rings. The number of hydrogen-bond acceptors (Lipinski definition) is 3. The molecule has 5 heteroatoms. The smallest absolute Gasteiger partial charge is 0.0992 e. The Balaban J connectivity index is 2.10. The maximum atomic E-state index is 8.83. The van der Waals surface area contributed by atoms with E-state index in [-0.39, 0.29) is 0 Å². The molecule has 0 aliphatic carbocycles. The number of aromatic amines is 1. The highest BCUT2D eigenvalue weighted by atomic mass is 79.9. The first-order valence-electron chi connectivity index (χ1n) is 4.70.